The van der Waals surface area contributed by atoms with Crippen molar-refractivity contribution in [2.45, 2.75) is 26.9 Å². The molecule has 0 fully saturated rings. The van der Waals surface area contributed by atoms with E-state index >= 15 is 0 Å². The summed E-state index contributed by atoms with van der Waals surface area (Å²) in [5, 5.41) is 13.8. The lowest BCUT2D eigenvalue weighted by Crippen LogP contribution is -2.17. The molecule has 0 aliphatic carbocycles. The number of anilines is 2. The van der Waals surface area contributed by atoms with Crippen molar-refractivity contribution in [3.05, 3.63) is 60.2 Å². The Morgan fingerprint density at radius 2 is 1.73 bits per heavy atom. The average molecular weight is 352 g/mol. The third-order valence-corrected chi connectivity index (χ3v) is 3.85. The van der Waals surface area contributed by atoms with Crippen LogP contribution in [0.15, 0.2) is 48.9 Å². The van der Waals surface area contributed by atoms with Crippen molar-refractivity contribution in [3.63, 3.8) is 0 Å². The standard InChI is InChI=1S/C18H20N6O2/c1-3-23-12-13(11-20-23)17(25)21-14-6-5-7-15(10-14)22-18(26)16-8-9-19-24(16)4-2/h5-12H,3-4H2,1-2H3,(H,21,25)(H,22,26). The molecular formula is C18H20N6O2. The third-order valence-electron chi connectivity index (χ3n) is 3.85. The molecule has 2 amide bonds. The lowest BCUT2D eigenvalue weighted by atomic mass is 10.2. The molecule has 26 heavy (non-hydrogen) atoms. The van der Waals surface area contributed by atoms with Gasteiger partial charge in [0.05, 0.1) is 11.8 Å². The van der Waals surface area contributed by atoms with E-state index in [9.17, 15) is 9.59 Å². The molecule has 3 rings (SSSR count). The van der Waals surface area contributed by atoms with E-state index < -0.39 is 0 Å². The van der Waals surface area contributed by atoms with Gasteiger partial charge in [0.1, 0.15) is 5.69 Å². The van der Waals surface area contributed by atoms with Gasteiger partial charge in [0.25, 0.3) is 11.8 Å². The number of carbonyl (C=O) groups excluding carboxylic acids is 2. The molecule has 2 N–H and O–H groups in total. The van der Waals surface area contributed by atoms with E-state index in [1.165, 1.54) is 6.20 Å². The lowest BCUT2D eigenvalue weighted by Gasteiger charge is -2.09. The molecule has 2 aromatic heterocycles. The number of hydrogen-bond acceptors (Lipinski definition) is 4. The van der Waals surface area contributed by atoms with Crippen molar-refractivity contribution in [2.75, 3.05) is 10.6 Å². The number of hydrogen-bond donors (Lipinski definition) is 2. The second-order valence-electron chi connectivity index (χ2n) is 5.61. The number of amides is 2. The molecule has 1 aromatic carbocycles. The van der Waals surface area contributed by atoms with Gasteiger partial charge in [0, 0.05) is 36.9 Å². The quantitative estimate of drug-likeness (QED) is 0.713. The van der Waals surface area contributed by atoms with Crippen molar-refractivity contribution in [1.82, 2.24) is 19.6 Å². The molecule has 8 heteroatoms. The van der Waals surface area contributed by atoms with Crippen LogP contribution < -0.4 is 10.6 Å². The summed E-state index contributed by atoms with van der Waals surface area (Å²) in [6, 6.07) is 8.64. The van der Waals surface area contributed by atoms with Crippen LogP contribution in [0.5, 0.6) is 0 Å². The van der Waals surface area contributed by atoms with Crippen LogP contribution in [0.4, 0.5) is 11.4 Å². The fraction of sp³-hybridized carbons (Fsp3) is 0.222. The first-order chi connectivity index (χ1) is 12.6. The summed E-state index contributed by atoms with van der Waals surface area (Å²) in [5.74, 6) is -0.505. The van der Waals surface area contributed by atoms with Gasteiger partial charge >= 0.3 is 0 Å². The minimum Gasteiger partial charge on any atom is -0.322 e. The van der Waals surface area contributed by atoms with Gasteiger partial charge in [0.15, 0.2) is 0 Å². The summed E-state index contributed by atoms with van der Waals surface area (Å²) in [6.07, 6.45) is 4.80. The van der Waals surface area contributed by atoms with Crippen molar-refractivity contribution >= 4 is 23.2 Å². The Bertz CT molecular complexity index is 927. The van der Waals surface area contributed by atoms with Crippen molar-refractivity contribution in [1.29, 1.82) is 0 Å². The fourth-order valence-corrected chi connectivity index (χ4v) is 2.50. The minimum atomic E-state index is -0.253. The van der Waals surface area contributed by atoms with E-state index in [2.05, 4.69) is 20.8 Å². The van der Waals surface area contributed by atoms with E-state index in [1.807, 2.05) is 13.8 Å². The van der Waals surface area contributed by atoms with Gasteiger partial charge in [-0.15, -0.1) is 0 Å². The zero-order valence-electron chi connectivity index (χ0n) is 14.6. The molecule has 0 aliphatic heterocycles. The van der Waals surface area contributed by atoms with Gasteiger partial charge in [-0.3, -0.25) is 19.0 Å². The van der Waals surface area contributed by atoms with Crippen molar-refractivity contribution < 1.29 is 9.59 Å². The summed E-state index contributed by atoms with van der Waals surface area (Å²) in [5.41, 5.74) is 2.13. The van der Waals surface area contributed by atoms with Gasteiger partial charge in [0.2, 0.25) is 0 Å². The first kappa shape index (κ1) is 17.4. The number of nitrogens with one attached hydrogen (secondary N) is 2. The normalized spacial score (nSPS) is 10.5. The Kier molecular flexibility index (Phi) is 5.12. The molecule has 3 aromatic rings. The molecule has 0 atom stereocenters. The van der Waals surface area contributed by atoms with E-state index in [1.54, 1.807) is 52.1 Å². The summed E-state index contributed by atoms with van der Waals surface area (Å²) in [4.78, 5) is 24.7. The monoisotopic (exact) mass is 352 g/mol. The van der Waals surface area contributed by atoms with Crippen molar-refractivity contribution in [2.24, 2.45) is 0 Å². The van der Waals surface area contributed by atoms with Gasteiger partial charge in [-0.05, 0) is 38.1 Å². The predicted octanol–water partition coefficient (Wildman–Crippen LogP) is 2.62. The van der Waals surface area contributed by atoms with Gasteiger partial charge in [-0.2, -0.15) is 10.2 Å². The second-order valence-corrected chi connectivity index (χ2v) is 5.61. The summed E-state index contributed by atoms with van der Waals surface area (Å²) in [7, 11) is 0. The zero-order chi connectivity index (χ0) is 18.5. The van der Waals surface area contributed by atoms with Crippen LogP contribution in [0.25, 0.3) is 0 Å². The molecule has 8 nitrogen and oxygen atoms in total. The molecule has 0 spiro atoms. The maximum atomic E-state index is 12.4. The highest BCUT2D eigenvalue weighted by atomic mass is 16.2. The second kappa shape index (κ2) is 7.64. The predicted molar refractivity (Wildman–Crippen MR) is 98.2 cm³/mol. The molecule has 134 valence electrons. The fourth-order valence-electron chi connectivity index (χ4n) is 2.50. The number of benzene rings is 1. The smallest absolute Gasteiger partial charge is 0.273 e. The first-order valence-corrected chi connectivity index (χ1v) is 8.37. The van der Waals surface area contributed by atoms with Gasteiger partial charge in [-0.1, -0.05) is 6.07 Å². The highest BCUT2D eigenvalue weighted by molar-refractivity contribution is 6.05. The van der Waals surface area contributed by atoms with Crippen LogP contribution in [-0.4, -0.2) is 31.4 Å². The Labute approximate surface area is 150 Å². The highest BCUT2D eigenvalue weighted by Crippen LogP contribution is 2.17. The Morgan fingerprint density at radius 3 is 2.38 bits per heavy atom. The van der Waals surface area contributed by atoms with E-state index in [0.29, 0.717) is 35.7 Å². The van der Waals surface area contributed by atoms with Crippen LogP contribution in [0.3, 0.4) is 0 Å². The van der Waals surface area contributed by atoms with Crippen LogP contribution in [0.2, 0.25) is 0 Å². The summed E-state index contributed by atoms with van der Waals surface area (Å²) >= 11 is 0. The number of aromatic nitrogens is 4. The molecule has 2 heterocycles. The Hall–Kier alpha value is -3.42. The SMILES string of the molecule is CCn1cc(C(=O)Nc2cccc(NC(=O)c3ccnn3CC)c2)cn1. The number of nitrogens with zero attached hydrogens (tertiary/aromatic N) is 4. The average Bonchev–Trinajstić information content (AvgIpc) is 3.31. The Morgan fingerprint density at radius 1 is 1.00 bits per heavy atom. The molecule has 0 bridgehead atoms. The maximum Gasteiger partial charge on any atom is 0.273 e. The topological polar surface area (TPSA) is 93.8 Å². The third kappa shape index (κ3) is 3.80. The minimum absolute atomic E-state index is 0.253. The zero-order valence-corrected chi connectivity index (χ0v) is 14.6. The van der Waals surface area contributed by atoms with Gasteiger partial charge < -0.3 is 10.6 Å². The molecule has 0 unspecified atom stereocenters. The van der Waals surface area contributed by atoms with Crippen LogP contribution in [0.1, 0.15) is 34.7 Å². The molecule has 0 saturated heterocycles. The molecule has 0 saturated carbocycles. The van der Waals surface area contributed by atoms with Crippen LogP contribution >= 0.6 is 0 Å². The Balaban J connectivity index is 1.70. The number of rotatable bonds is 6. The number of carbonyl (C=O) groups is 2. The molecular weight excluding hydrogens is 332 g/mol. The first-order valence-electron chi connectivity index (χ1n) is 8.37. The number of aryl methyl sites for hydroxylation is 2. The summed E-state index contributed by atoms with van der Waals surface area (Å²) in [6.45, 7) is 5.17. The van der Waals surface area contributed by atoms with Crippen molar-refractivity contribution in [3.8, 4) is 0 Å². The van der Waals surface area contributed by atoms with E-state index in [-0.39, 0.29) is 11.8 Å². The van der Waals surface area contributed by atoms with Crippen LogP contribution in [0, 0.1) is 0 Å². The molecule has 0 aliphatic rings. The lowest BCUT2D eigenvalue weighted by molar-refractivity contribution is 0.101. The maximum absolute atomic E-state index is 12.4. The largest absolute Gasteiger partial charge is 0.322 e. The summed E-state index contributed by atoms with van der Waals surface area (Å²) < 4.78 is 3.30. The van der Waals surface area contributed by atoms with Gasteiger partial charge in [-0.25, -0.2) is 0 Å². The highest BCUT2D eigenvalue weighted by Gasteiger charge is 2.12. The van der Waals surface area contributed by atoms with E-state index in [0.717, 1.165) is 0 Å². The molecule has 0 radical (unpaired) electrons. The van der Waals surface area contributed by atoms with E-state index in [4.69, 9.17) is 0 Å². The van der Waals surface area contributed by atoms with Crippen LogP contribution in [-0.2, 0) is 13.1 Å².